The summed E-state index contributed by atoms with van der Waals surface area (Å²) in [5, 5.41) is 2.38. The number of hydroxylamine groups is 1. The van der Waals surface area contributed by atoms with Crippen LogP contribution >= 0.6 is 0 Å². The van der Waals surface area contributed by atoms with E-state index in [-0.39, 0.29) is 13.0 Å². The first-order valence-electron chi connectivity index (χ1n) is 8.47. The van der Waals surface area contributed by atoms with Gasteiger partial charge in [0.15, 0.2) is 0 Å². The fourth-order valence-corrected chi connectivity index (χ4v) is 1.50. The van der Waals surface area contributed by atoms with Crippen molar-refractivity contribution in [1.29, 1.82) is 0 Å². The Morgan fingerprint density at radius 3 is 2.08 bits per heavy atom. The molecule has 0 aromatic rings. The Bertz CT molecular complexity index is 451. The highest BCUT2D eigenvalue weighted by atomic mass is 16.7. The summed E-state index contributed by atoms with van der Waals surface area (Å²) in [7, 11) is 0. The van der Waals surface area contributed by atoms with Crippen LogP contribution in [0.1, 0.15) is 67.7 Å². The van der Waals surface area contributed by atoms with Crippen molar-refractivity contribution >= 4 is 18.0 Å². The number of esters is 1. The maximum absolute atomic E-state index is 12.1. The first-order chi connectivity index (χ1) is 11.3. The average molecular weight is 360 g/mol. The Kier molecular flexibility index (Phi) is 9.48. The molecule has 0 aliphatic heterocycles. The molecule has 146 valence electrons. The molecule has 2 N–H and O–H groups in total. The van der Waals surface area contributed by atoms with Gasteiger partial charge in [-0.25, -0.2) is 15.1 Å². The lowest BCUT2D eigenvalue weighted by atomic mass is 10.2. The highest BCUT2D eigenvalue weighted by molar-refractivity contribution is 5.87. The third-order valence-corrected chi connectivity index (χ3v) is 2.58. The fourth-order valence-electron chi connectivity index (χ4n) is 1.50. The normalized spacial score (nSPS) is 12.9. The quantitative estimate of drug-likeness (QED) is 0.391. The first-order valence-corrected chi connectivity index (χ1v) is 8.47. The molecular formula is C17H32N2O6. The van der Waals surface area contributed by atoms with Crippen LogP contribution in [0.2, 0.25) is 0 Å². The molecular weight excluding hydrogens is 328 g/mol. The topological polar surface area (TPSA) is 103 Å². The van der Waals surface area contributed by atoms with E-state index >= 15 is 0 Å². The summed E-state index contributed by atoms with van der Waals surface area (Å²) in [6.07, 6.45) is 0.441. The first kappa shape index (κ1) is 23.2. The number of alkyl carbamates (subject to hydrolysis) is 1. The Balaban J connectivity index is 4.79. The summed E-state index contributed by atoms with van der Waals surface area (Å²) in [4.78, 5) is 41.2. The molecule has 25 heavy (non-hydrogen) atoms. The van der Waals surface area contributed by atoms with Crippen LogP contribution in [0.15, 0.2) is 0 Å². The summed E-state index contributed by atoms with van der Waals surface area (Å²) < 4.78 is 10.2. The van der Waals surface area contributed by atoms with Crippen LogP contribution in [-0.4, -0.2) is 41.8 Å². The molecule has 0 spiro atoms. The highest BCUT2D eigenvalue weighted by Crippen LogP contribution is 2.08. The van der Waals surface area contributed by atoms with Gasteiger partial charge in [-0.3, -0.25) is 9.63 Å². The number of nitrogens with one attached hydrogen (secondary N) is 2. The van der Waals surface area contributed by atoms with Gasteiger partial charge in [0.25, 0.3) is 0 Å². The van der Waals surface area contributed by atoms with Crippen molar-refractivity contribution in [2.24, 2.45) is 0 Å². The van der Waals surface area contributed by atoms with Crippen LogP contribution in [0.4, 0.5) is 4.79 Å². The molecule has 0 unspecified atom stereocenters. The zero-order valence-electron chi connectivity index (χ0n) is 16.4. The van der Waals surface area contributed by atoms with E-state index in [9.17, 15) is 14.4 Å². The molecule has 0 aliphatic rings. The maximum Gasteiger partial charge on any atom is 0.408 e. The summed E-state index contributed by atoms with van der Waals surface area (Å²) in [5.74, 6) is -1.24. The molecule has 0 aliphatic carbocycles. The van der Waals surface area contributed by atoms with Gasteiger partial charge in [0.2, 0.25) is 5.91 Å². The molecule has 1 atom stereocenters. The van der Waals surface area contributed by atoms with Crippen LogP contribution in [0, 0.1) is 0 Å². The average Bonchev–Trinajstić information content (AvgIpc) is 2.41. The van der Waals surface area contributed by atoms with Gasteiger partial charge >= 0.3 is 12.1 Å². The zero-order chi connectivity index (χ0) is 19.7. The maximum atomic E-state index is 12.1. The minimum absolute atomic E-state index is 0.224. The summed E-state index contributed by atoms with van der Waals surface area (Å²) in [6.45, 7) is 12.6. The van der Waals surface area contributed by atoms with E-state index in [0.29, 0.717) is 6.42 Å². The number of hydrogen-bond acceptors (Lipinski definition) is 6. The van der Waals surface area contributed by atoms with Crippen LogP contribution < -0.4 is 10.8 Å². The van der Waals surface area contributed by atoms with E-state index in [2.05, 4.69) is 10.8 Å². The molecule has 0 aromatic carbocycles. The van der Waals surface area contributed by atoms with Gasteiger partial charge < -0.3 is 14.8 Å². The molecule has 0 saturated carbocycles. The number of amides is 2. The summed E-state index contributed by atoms with van der Waals surface area (Å²) in [6, 6.07) is -1.16. The van der Waals surface area contributed by atoms with Gasteiger partial charge in [-0.15, -0.1) is 0 Å². The largest absolute Gasteiger partial charge is 0.464 e. The lowest BCUT2D eigenvalue weighted by Crippen LogP contribution is -2.47. The van der Waals surface area contributed by atoms with Crippen LogP contribution in [-0.2, 0) is 23.9 Å². The smallest absolute Gasteiger partial charge is 0.408 e. The van der Waals surface area contributed by atoms with Crippen molar-refractivity contribution in [1.82, 2.24) is 10.8 Å². The van der Waals surface area contributed by atoms with E-state index in [1.54, 1.807) is 41.5 Å². The van der Waals surface area contributed by atoms with Crippen LogP contribution in [0.25, 0.3) is 0 Å². The van der Waals surface area contributed by atoms with E-state index in [1.165, 1.54) is 0 Å². The van der Waals surface area contributed by atoms with E-state index < -0.39 is 35.2 Å². The van der Waals surface area contributed by atoms with Gasteiger partial charge in [0.1, 0.15) is 11.6 Å². The van der Waals surface area contributed by atoms with Crippen molar-refractivity contribution in [2.45, 2.75) is 85.0 Å². The van der Waals surface area contributed by atoms with Crippen molar-refractivity contribution in [3.63, 3.8) is 0 Å². The standard InChI is InChI=1S/C17H32N2O6/c1-8-9-10-23-14(21)12(18-15(22)24-16(2,3)4)11-13(20)19-25-17(5,6)7/h12H,8-11H2,1-7H3,(H,18,22)(H,19,20)/t12-/m0/s1. The molecule has 0 bridgehead atoms. The van der Waals surface area contributed by atoms with Crippen LogP contribution in [0.5, 0.6) is 0 Å². The van der Waals surface area contributed by atoms with E-state index in [0.717, 1.165) is 6.42 Å². The SMILES string of the molecule is CCCCOC(=O)[C@H](CC(=O)NOC(C)(C)C)NC(=O)OC(C)(C)C. The molecule has 2 amide bonds. The molecule has 0 rings (SSSR count). The predicted molar refractivity (Wildman–Crippen MR) is 92.6 cm³/mol. The number of carbonyl (C=O) groups excluding carboxylic acids is 3. The Morgan fingerprint density at radius 1 is 1.00 bits per heavy atom. The monoisotopic (exact) mass is 360 g/mol. The summed E-state index contributed by atoms with van der Waals surface area (Å²) in [5.41, 5.74) is 0.956. The van der Waals surface area contributed by atoms with Crippen molar-refractivity contribution < 1.29 is 28.7 Å². The third-order valence-electron chi connectivity index (χ3n) is 2.58. The summed E-state index contributed by atoms with van der Waals surface area (Å²) >= 11 is 0. The Labute approximate surface area is 149 Å². The van der Waals surface area contributed by atoms with Gasteiger partial charge in [0.05, 0.1) is 18.6 Å². The van der Waals surface area contributed by atoms with Crippen molar-refractivity contribution in [2.75, 3.05) is 6.61 Å². The molecule has 0 heterocycles. The number of carbonyl (C=O) groups is 3. The molecule has 8 nitrogen and oxygen atoms in total. The molecule has 0 aromatic heterocycles. The molecule has 8 heteroatoms. The zero-order valence-corrected chi connectivity index (χ0v) is 16.4. The minimum Gasteiger partial charge on any atom is -0.464 e. The van der Waals surface area contributed by atoms with Crippen molar-refractivity contribution in [3.05, 3.63) is 0 Å². The number of unbranched alkanes of at least 4 members (excludes halogenated alkanes) is 1. The molecule has 0 radical (unpaired) electrons. The number of hydrogen-bond donors (Lipinski definition) is 2. The second-order valence-corrected chi connectivity index (χ2v) is 7.66. The van der Waals surface area contributed by atoms with Gasteiger partial charge in [-0.05, 0) is 48.0 Å². The van der Waals surface area contributed by atoms with Gasteiger partial charge in [-0.1, -0.05) is 13.3 Å². The van der Waals surface area contributed by atoms with E-state index in [1.807, 2.05) is 6.92 Å². The number of rotatable bonds is 8. The third kappa shape index (κ3) is 13.2. The lowest BCUT2D eigenvalue weighted by molar-refractivity contribution is -0.152. The second-order valence-electron chi connectivity index (χ2n) is 7.66. The van der Waals surface area contributed by atoms with Crippen molar-refractivity contribution in [3.8, 4) is 0 Å². The van der Waals surface area contributed by atoms with Gasteiger partial charge in [0, 0.05) is 0 Å². The number of ether oxygens (including phenoxy) is 2. The Morgan fingerprint density at radius 2 is 1.60 bits per heavy atom. The van der Waals surface area contributed by atoms with Crippen LogP contribution in [0.3, 0.4) is 0 Å². The fraction of sp³-hybridized carbons (Fsp3) is 0.824. The molecule has 0 fully saturated rings. The highest BCUT2D eigenvalue weighted by Gasteiger charge is 2.28. The second kappa shape index (κ2) is 10.2. The molecule has 0 saturated heterocycles. The Hall–Kier alpha value is -1.83. The lowest BCUT2D eigenvalue weighted by Gasteiger charge is -2.23. The van der Waals surface area contributed by atoms with Gasteiger partial charge in [-0.2, -0.15) is 0 Å². The predicted octanol–water partition coefficient (Wildman–Crippen LogP) is 2.46. The van der Waals surface area contributed by atoms with E-state index in [4.69, 9.17) is 14.3 Å². The minimum atomic E-state index is -1.16.